The number of carbonyl (C=O) groups is 2. The van der Waals surface area contributed by atoms with Crippen LogP contribution >= 0.6 is 0 Å². The summed E-state index contributed by atoms with van der Waals surface area (Å²) in [4.78, 5) is 19.9. The highest BCUT2D eigenvalue weighted by Crippen LogP contribution is 1.98. The fourth-order valence-electron chi connectivity index (χ4n) is 1.23. The van der Waals surface area contributed by atoms with Crippen LogP contribution in [0.15, 0.2) is 0 Å². The van der Waals surface area contributed by atoms with Gasteiger partial charge in [-0.3, -0.25) is 9.59 Å². The number of carboxylic acids is 2. The fraction of sp³-hybridized carbons (Fsp3) is 0.833. The summed E-state index contributed by atoms with van der Waals surface area (Å²) in [6.45, 7) is 2.44. The van der Waals surface area contributed by atoms with Gasteiger partial charge in [-0.25, -0.2) is 0 Å². The summed E-state index contributed by atoms with van der Waals surface area (Å²) in [6, 6.07) is 0. The number of nitrogens with zero attached hydrogens (tertiary/aromatic N) is 1. The van der Waals surface area contributed by atoms with Gasteiger partial charge in [0.05, 0.1) is 27.6 Å². The minimum Gasteiger partial charge on any atom is -0.481 e. The Morgan fingerprint density at radius 2 is 1.61 bits per heavy atom. The van der Waals surface area contributed by atoms with Crippen LogP contribution < -0.4 is 0 Å². The maximum absolute atomic E-state index is 10.1. The van der Waals surface area contributed by atoms with E-state index in [4.69, 9.17) is 15.3 Å². The number of aliphatic hydroxyl groups is 1. The highest BCUT2D eigenvalue weighted by Gasteiger charge is 2.17. The summed E-state index contributed by atoms with van der Waals surface area (Å²) in [6.07, 6.45) is 1.17. The van der Waals surface area contributed by atoms with Gasteiger partial charge in [0, 0.05) is 6.42 Å². The molecule has 0 spiro atoms. The van der Waals surface area contributed by atoms with Crippen LogP contribution in [0.25, 0.3) is 0 Å². The predicted molar refractivity (Wildman–Crippen MR) is 68.3 cm³/mol. The van der Waals surface area contributed by atoms with Gasteiger partial charge in [-0.05, 0) is 6.42 Å². The number of hydrogen-bond donors (Lipinski definition) is 3. The third kappa shape index (κ3) is 20.3. The minimum atomic E-state index is -0.953. The van der Waals surface area contributed by atoms with E-state index in [1.165, 1.54) is 0 Å². The highest BCUT2D eigenvalue weighted by atomic mass is 16.4. The van der Waals surface area contributed by atoms with Crippen molar-refractivity contribution < 1.29 is 29.4 Å². The molecule has 0 heterocycles. The normalized spacial score (nSPS) is 12.3. The van der Waals surface area contributed by atoms with E-state index in [2.05, 4.69) is 0 Å². The molecule has 0 aliphatic heterocycles. The molecule has 0 aliphatic carbocycles. The first-order valence-corrected chi connectivity index (χ1v) is 6.00. The van der Waals surface area contributed by atoms with Crippen molar-refractivity contribution in [3.8, 4) is 0 Å². The number of hydrogen-bond acceptors (Lipinski definition) is 3. The zero-order valence-corrected chi connectivity index (χ0v) is 11.7. The Morgan fingerprint density at radius 1 is 1.11 bits per heavy atom. The standard InChI is InChI=1S/C7H15NO3.C5H10O2/c1-8(2,3)5-6(9)4-7(10)11;1-2-3-4-5(6)7/h6,9H,4-5H2,1-3H3;2-4H2,1H3,(H,6,7)/p+1/t6-;/m0./s1. The van der Waals surface area contributed by atoms with E-state index >= 15 is 0 Å². The number of aliphatic hydroxyl groups excluding tert-OH is 1. The van der Waals surface area contributed by atoms with Gasteiger partial charge in [-0.2, -0.15) is 0 Å². The Balaban J connectivity index is 0. The lowest BCUT2D eigenvalue weighted by Gasteiger charge is -2.25. The monoisotopic (exact) mass is 264 g/mol. The van der Waals surface area contributed by atoms with Crippen molar-refractivity contribution in [2.24, 2.45) is 0 Å². The molecule has 18 heavy (non-hydrogen) atoms. The smallest absolute Gasteiger partial charge is 0.306 e. The van der Waals surface area contributed by atoms with Crippen molar-refractivity contribution in [3.05, 3.63) is 0 Å². The van der Waals surface area contributed by atoms with Gasteiger partial charge in [0.25, 0.3) is 0 Å². The van der Waals surface area contributed by atoms with E-state index in [1.807, 2.05) is 28.1 Å². The SMILES string of the molecule is CCCCC(=O)O.C[N+](C)(C)C[C@@H](O)CC(=O)O. The Bertz CT molecular complexity index is 247. The lowest BCUT2D eigenvalue weighted by Crippen LogP contribution is -2.42. The molecule has 0 aromatic heterocycles. The molecule has 0 unspecified atom stereocenters. The van der Waals surface area contributed by atoms with Gasteiger partial charge in [0.1, 0.15) is 12.6 Å². The molecule has 0 fully saturated rings. The number of aliphatic carboxylic acids is 2. The van der Waals surface area contributed by atoms with Crippen LogP contribution in [0.1, 0.15) is 32.6 Å². The van der Waals surface area contributed by atoms with Crippen molar-refractivity contribution in [2.75, 3.05) is 27.7 Å². The Hall–Kier alpha value is -1.14. The molecule has 6 heteroatoms. The molecule has 0 amide bonds. The van der Waals surface area contributed by atoms with Crippen molar-refractivity contribution in [2.45, 2.75) is 38.7 Å². The zero-order chi connectivity index (χ0) is 14.8. The molecule has 0 saturated carbocycles. The quantitative estimate of drug-likeness (QED) is 0.591. The van der Waals surface area contributed by atoms with Crippen LogP contribution in [0.5, 0.6) is 0 Å². The van der Waals surface area contributed by atoms with E-state index in [9.17, 15) is 9.59 Å². The van der Waals surface area contributed by atoms with Gasteiger partial charge in [0.15, 0.2) is 0 Å². The number of carboxylic acid groups (broad SMARTS) is 2. The van der Waals surface area contributed by atoms with Crippen molar-refractivity contribution in [1.29, 1.82) is 0 Å². The second kappa shape index (κ2) is 9.85. The first-order valence-electron chi connectivity index (χ1n) is 6.00. The van der Waals surface area contributed by atoms with Crippen molar-refractivity contribution in [3.63, 3.8) is 0 Å². The first kappa shape index (κ1) is 19.2. The summed E-state index contributed by atoms with van der Waals surface area (Å²) < 4.78 is 0.578. The molecule has 108 valence electrons. The van der Waals surface area contributed by atoms with Crippen LogP contribution in [0.4, 0.5) is 0 Å². The summed E-state index contributed by atoms with van der Waals surface area (Å²) in [7, 11) is 5.72. The molecule has 3 N–H and O–H groups in total. The number of rotatable bonds is 7. The van der Waals surface area contributed by atoms with Gasteiger partial charge in [-0.1, -0.05) is 13.3 Å². The molecular formula is C12H26NO5+. The second-order valence-corrected chi connectivity index (χ2v) is 5.22. The molecule has 0 saturated heterocycles. The number of quaternary nitrogens is 1. The topological polar surface area (TPSA) is 94.8 Å². The average Bonchev–Trinajstić information content (AvgIpc) is 2.10. The van der Waals surface area contributed by atoms with Gasteiger partial charge in [-0.15, -0.1) is 0 Å². The highest BCUT2D eigenvalue weighted by molar-refractivity contribution is 5.67. The minimum absolute atomic E-state index is 0.171. The molecule has 0 bridgehead atoms. The molecule has 0 aliphatic rings. The second-order valence-electron chi connectivity index (χ2n) is 5.22. The van der Waals surface area contributed by atoms with E-state index in [0.29, 0.717) is 17.4 Å². The van der Waals surface area contributed by atoms with Crippen LogP contribution in [-0.4, -0.2) is 65.5 Å². The van der Waals surface area contributed by atoms with Crippen LogP contribution in [0, 0.1) is 0 Å². The molecular weight excluding hydrogens is 238 g/mol. The molecule has 0 aromatic carbocycles. The molecule has 1 atom stereocenters. The van der Waals surface area contributed by atoms with E-state index < -0.39 is 18.0 Å². The first-order chi connectivity index (χ1) is 8.08. The molecule has 0 rings (SSSR count). The Kier molecular flexibility index (Phi) is 10.5. The van der Waals surface area contributed by atoms with Crippen LogP contribution in [0.2, 0.25) is 0 Å². The average molecular weight is 264 g/mol. The molecule has 0 radical (unpaired) electrons. The number of unbranched alkanes of at least 4 members (excludes halogenated alkanes) is 1. The fourth-order valence-corrected chi connectivity index (χ4v) is 1.23. The van der Waals surface area contributed by atoms with Crippen LogP contribution in [0.3, 0.4) is 0 Å². The maximum Gasteiger partial charge on any atom is 0.306 e. The summed E-state index contributed by atoms with van der Waals surface area (Å²) in [5.41, 5.74) is 0. The summed E-state index contributed by atoms with van der Waals surface area (Å²) in [5, 5.41) is 25.5. The third-order valence-electron chi connectivity index (χ3n) is 1.91. The lowest BCUT2D eigenvalue weighted by molar-refractivity contribution is -0.873. The molecule has 6 nitrogen and oxygen atoms in total. The number of likely N-dealkylation sites (N-methyl/N-ethyl adjacent to an activating group) is 1. The van der Waals surface area contributed by atoms with Crippen molar-refractivity contribution in [1.82, 2.24) is 0 Å². The van der Waals surface area contributed by atoms with Crippen LogP contribution in [-0.2, 0) is 9.59 Å². The van der Waals surface area contributed by atoms with Gasteiger partial charge < -0.3 is 19.8 Å². The Morgan fingerprint density at radius 3 is 1.83 bits per heavy atom. The van der Waals surface area contributed by atoms with E-state index in [1.54, 1.807) is 0 Å². The Labute approximate surface area is 108 Å². The van der Waals surface area contributed by atoms with E-state index in [0.717, 1.165) is 12.8 Å². The zero-order valence-electron chi connectivity index (χ0n) is 11.7. The largest absolute Gasteiger partial charge is 0.481 e. The summed E-state index contributed by atoms with van der Waals surface area (Å²) >= 11 is 0. The predicted octanol–water partition coefficient (Wildman–Crippen LogP) is 0.789. The third-order valence-corrected chi connectivity index (χ3v) is 1.91. The molecule has 0 aromatic rings. The van der Waals surface area contributed by atoms with Gasteiger partial charge >= 0.3 is 11.9 Å². The van der Waals surface area contributed by atoms with E-state index in [-0.39, 0.29) is 6.42 Å². The summed E-state index contributed by atoms with van der Waals surface area (Å²) in [5.74, 6) is -1.65. The lowest BCUT2D eigenvalue weighted by atomic mass is 10.2. The van der Waals surface area contributed by atoms with Crippen molar-refractivity contribution >= 4 is 11.9 Å². The maximum atomic E-state index is 10.1. The van der Waals surface area contributed by atoms with Gasteiger partial charge in [0.2, 0.25) is 0 Å².